The number of methoxy groups -OCH3 is 1. The van der Waals surface area contributed by atoms with Crippen molar-refractivity contribution in [2.45, 2.75) is 58.9 Å². The number of nitrogens with one attached hydrogen (secondary N) is 1. The van der Waals surface area contributed by atoms with Gasteiger partial charge >= 0.3 is 5.97 Å². The van der Waals surface area contributed by atoms with Gasteiger partial charge < -0.3 is 20.1 Å². The van der Waals surface area contributed by atoms with E-state index in [0.29, 0.717) is 25.4 Å². The van der Waals surface area contributed by atoms with Crippen LogP contribution in [0.2, 0.25) is 0 Å². The van der Waals surface area contributed by atoms with E-state index < -0.39 is 11.4 Å². The SMILES string of the molecule is COc1ccc(CCN2C(=O)C[C@H]3[C@H](CNC(=O)CC(C)(C)CC(=O)O)[C@@H](C)C[C@H]32)cc1. The Morgan fingerprint density at radius 2 is 1.91 bits per heavy atom. The highest BCUT2D eigenvalue weighted by Crippen LogP contribution is 2.45. The Balaban J connectivity index is 1.53. The number of hydrogen-bond acceptors (Lipinski definition) is 4. The van der Waals surface area contributed by atoms with E-state index in [9.17, 15) is 14.4 Å². The van der Waals surface area contributed by atoms with Crippen LogP contribution < -0.4 is 10.1 Å². The van der Waals surface area contributed by atoms with E-state index in [4.69, 9.17) is 9.84 Å². The standard InChI is InChI=1S/C25H36N2O5/c1-16-11-21-19(20(16)15-26-22(28)13-25(2,3)14-24(30)31)12-23(29)27(21)10-9-17-5-7-18(32-4)8-6-17/h5-8,16,19-21H,9-15H2,1-4H3,(H,26,28)(H,30,31)/t16-,19-,20+,21+/m0/s1. The van der Waals surface area contributed by atoms with Gasteiger partial charge in [-0.05, 0) is 53.7 Å². The smallest absolute Gasteiger partial charge is 0.303 e. The highest BCUT2D eigenvalue weighted by atomic mass is 16.5. The minimum absolute atomic E-state index is 0.0391. The first-order valence-corrected chi connectivity index (χ1v) is 11.5. The maximum Gasteiger partial charge on any atom is 0.303 e. The fourth-order valence-electron chi connectivity index (χ4n) is 5.47. The number of likely N-dealkylation sites (tertiary alicyclic amines) is 1. The molecule has 0 unspecified atom stereocenters. The van der Waals surface area contributed by atoms with Crippen LogP contribution in [0, 0.1) is 23.2 Å². The largest absolute Gasteiger partial charge is 0.497 e. The zero-order valence-electron chi connectivity index (χ0n) is 19.6. The van der Waals surface area contributed by atoms with E-state index in [2.05, 4.69) is 12.2 Å². The van der Waals surface area contributed by atoms with E-state index in [-0.39, 0.29) is 42.5 Å². The number of benzene rings is 1. The molecule has 1 heterocycles. The molecule has 2 fully saturated rings. The fourth-order valence-corrected chi connectivity index (χ4v) is 5.47. The fraction of sp³-hybridized carbons (Fsp3) is 0.640. The third kappa shape index (κ3) is 5.81. The number of amides is 2. The van der Waals surface area contributed by atoms with Crippen LogP contribution in [-0.4, -0.2) is 54.0 Å². The van der Waals surface area contributed by atoms with Crippen molar-refractivity contribution in [3.05, 3.63) is 29.8 Å². The van der Waals surface area contributed by atoms with Crippen molar-refractivity contribution < 1.29 is 24.2 Å². The summed E-state index contributed by atoms with van der Waals surface area (Å²) in [6.07, 6.45) is 2.46. The van der Waals surface area contributed by atoms with Gasteiger partial charge in [0.05, 0.1) is 13.5 Å². The Kier molecular flexibility index (Phi) is 7.47. The van der Waals surface area contributed by atoms with Gasteiger partial charge in [-0.3, -0.25) is 14.4 Å². The van der Waals surface area contributed by atoms with Crippen molar-refractivity contribution in [1.29, 1.82) is 0 Å². The molecular formula is C25H36N2O5. The number of ether oxygens (including phenoxy) is 1. The Bertz CT molecular complexity index is 835. The molecule has 7 heteroatoms. The molecule has 0 bridgehead atoms. The van der Waals surface area contributed by atoms with Crippen LogP contribution in [0.25, 0.3) is 0 Å². The molecule has 1 aromatic rings. The van der Waals surface area contributed by atoms with Crippen molar-refractivity contribution in [1.82, 2.24) is 10.2 Å². The minimum Gasteiger partial charge on any atom is -0.497 e. The molecule has 4 atom stereocenters. The number of aliphatic carboxylic acids is 1. The lowest BCUT2D eigenvalue weighted by molar-refractivity contribution is -0.139. The van der Waals surface area contributed by atoms with Crippen molar-refractivity contribution >= 4 is 17.8 Å². The summed E-state index contributed by atoms with van der Waals surface area (Å²) >= 11 is 0. The zero-order valence-corrected chi connectivity index (χ0v) is 19.6. The van der Waals surface area contributed by atoms with Crippen LogP contribution in [0.3, 0.4) is 0 Å². The number of fused-ring (bicyclic) bond motifs is 1. The Labute approximate surface area is 190 Å². The Morgan fingerprint density at radius 1 is 1.22 bits per heavy atom. The van der Waals surface area contributed by atoms with Gasteiger partial charge in [-0.25, -0.2) is 0 Å². The zero-order chi connectivity index (χ0) is 23.5. The number of nitrogens with zero attached hydrogens (tertiary/aromatic N) is 1. The molecule has 1 saturated carbocycles. The number of carbonyl (C=O) groups is 3. The summed E-state index contributed by atoms with van der Waals surface area (Å²) in [5.74, 6) is 0.976. The van der Waals surface area contributed by atoms with Crippen LogP contribution in [0.5, 0.6) is 5.75 Å². The molecule has 2 N–H and O–H groups in total. The summed E-state index contributed by atoms with van der Waals surface area (Å²) in [6.45, 7) is 7.05. The summed E-state index contributed by atoms with van der Waals surface area (Å²) in [7, 11) is 1.65. The molecule has 1 aliphatic carbocycles. The number of carbonyl (C=O) groups excluding carboxylic acids is 2. The highest BCUT2D eigenvalue weighted by molar-refractivity contribution is 5.80. The molecule has 1 saturated heterocycles. The summed E-state index contributed by atoms with van der Waals surface area (Å²) < 4.78 is 5.21. The summed E-state index contributed by atoms with van der Waals surface area (Å²) in [5.41, 5.74) is 0.599. The highest BCUT2D eigenvalue weighted by Gasteiger charge is 2.50. The summed E-state index contributed by atoms with van der Waals surface area (Å²) in [6, 6.07) is 8.20. The molecule has 176 valence electrons. The molecule has 2 amide bonds. The van der Waals surface area contributed by atoms with E-state index in [1.54, 1.807) is 21.0 Å². The summed E-state index contributed by atoms with van der Waals surface area (Å²) in [4.78, 5) is 38.2. The molecule has 32 heavy (non-hydrogen) atoms. The van der Waals surface area contributed by atoms with E-state index in [1.165, 1.54) is 5.56 Å². The van der Waals surface area contributed by atoms with Gasteiger partial charge in [0.1, 0.15) is 5.75 Å². The van der Waals surface area contributed by atoms with Gasteiger partial charge in [0, 0.05) is 32.0 Å². The normalized spacial score (nSPS) is 25.0. The maximum atomic E-state index is 12.8. The molecule has 2 aliphatic rings. The first-order chi connectivity index (χ1) is 15.1. The molecule has 1 aliphatic heterocycles. The van der Waals surface area contributed by atoms with Gasteiger partial charge in [-0.2, -0.15) is 0 Å². The van der Waals surface area contributed by atoms with Gasteiger partial charge in [0.2, 0.25) is 11.8 Å². The predicted octanol–water partition coefficient (Wildman–Crippen LogP) is 3.12. The topological polar surface area (TPSA) is 95.9 Å². The van der Waals surface area contributed by atoms with Crippen molar-refractivity contribution in [3.63, 3.8) is 0 Å². The second kappa shape index (κ2) is 9.92. The molecule has 1 aromatic carbocycles. The Hall–Kier alpha value is -2.57. The second-order valence-electron chi connectivity index (χ2n) is 10.2. The predicted molar refractivity (Wildman–Crippen MR) is 121 cm³/mol. The number of carboxylic acid groups (broad SMARTS) is 1. The molecule has 0 radical (unpaired) electrons. The quantitative estimate of drug-likeness (QED) is 0.578. The summed E-state index contributed by atoms with van der Waals surface area (Å²) in [5, 5.41) is 12.0. The monoisotopic (exact) mass is 444 g/mol. The molecule has 3 rings (SSSR count). The average Bonchev–Trinajstić information content (AvgIpc) is 3.16. The first-order valence-electron chi connectivity index (χ1n) is 11.5. The van der Waals surface area contributed by atoms with E-state index >= 15 is 0 Å². The van der Waals surface area contributed by atoms with Crippen LogP contribution in [0.15, 0.2) is 24.3 Å². The minimum atomic E-state index is -0.894. The van der Waals surface area contributed by atoms with E-state index in [1.807, 2.05) is 29.2 Å². The van der Waals surface area contributed by atoms with Gasteiger partial charge in [0.25, 0.3) is 0 Å². The van der Waals surface area contributed by atoms with Crippen molar-refractivity contribution in [2.24, 2.45) is 23.2 Å². The maximum absolute atomic E-state index is 12.8. The van der Waals surface area contributed by atoms with Crippen LogP contribution in [-0.2, 0) is 20.8 Å². The van der Waals surface area contributed by atoms with Crippen molar-refractivity contribution in [2.75, 3.05) is 20.2 Å². The van der Waals surface area contributed by atoms with Crippen molar-refractivity contribution in [3.8, 4) is 5.75 Å². The average molecular weight is 445 g/mol. The molecule has 0 aromatic heterocycles. The number of rotatable bonds is 10. The molecule has 0 spiro atoms. The lowest BCUT2D eigenvalue weighted by Gasteiger charge is -2.25. The third-order valence-electron chi connectivity index (χ3n) is 7.12. The van der Waals surface area contributed by atoms with Crippen LogP contribution >= 0.6 is 0 Å². The van der Waals surface area contributed by atoms with Gasteiger partial charge in [-0.1, -0.05) is 32.9 Å². The molecule has 7 nitrogen and oxygen atoms in total. The van der Waals surface area contributed by atoms with Crippen LogP contribution in [0.1, 0.15) is 52.0 Å². The lowest BCUT2D eigenvalue weighted by atomic mass is 9.85. The third-order valence-corrected chi connectivity index (χ3v) is 7.12. The molecular weight excluding hydrogens is 408 g/mol. The number of hydrogen-bond donors (Lipinski definition) is 2. The second-order valence-corrected chi connectivity index (χ2v) is 10.2. The Morgan fingerprint density at radius 3 is 2.53 bits per heavy atom. The van der Waals surface area contributed by atoms with E-state index in [0.717, 1.165) is 18.6 Å². The van der Waals surface area contributed by atoms with Gasteiger partial charge in [0.15, 0.2) is 0 Å². The lowest BCUT2D eigenvalue weighted by Crippen LogP contribution is -2.37. The van der Waals surface area contributed by atoms with Gasteiger partial charge in [-0.15, -0.1) is 0 Å². The first kappa shape index (κ1) is 24.1. The van der Waals surface area contributed by atoms with Crippen LogP contribution in [0.4, 0.5) is 0 Å². The number of carboxylic acids is 1.